The van der Waals surface area contributed by atoms with E-state index in [1.54, 1.807) is 5.32 Å². The molecule has 0 aliphatic carbocycles. The molecule has 0 spiro atoms. The van der Waals surface area contributed by atoms with Gasteiger partial charge in [-0.15, -0.1) is 0 Å². The van der Waals surface area contributed by atoms with Crippen LogP contribution in [0.15, 0.2) is 24.3 Å². The Bertz CT molecular complexity index is 474. The molecular weight excluding hydrogens is 293 g/mol. The van der Waals surface area contributed by atoms with Gasteiger partial charge in [0.05, 0.1) is 6.04 Å². The summed E-state index contributed by atoms with van der Waals surface area (Å²) in [6, 6.07) is 4.77. The van der Waals surface area contributed by atoms with Crippen molar-refractivity contribution in [2.75, 3.05) is 0 Å². The maximum atomic E-state index is 12.7. The summed E-state index contributed by atoms with van der Waals surface area (Å²) in [5.74, 6) is -7.83. The molecule has 1 unspecified atom stereocenters. The van der Waals surface area contributed by atoms with Gasteiger partial charge in [0.25, 0.3) is 0 Å². The number of amides is 1. The summed E-state index contributed by atoms with van der Waals surface area (Å²) in [7, 11) is 0. The van der Waals surface area contributed by atoms with Crippen LogP contribution in [0.3, 0.4) is 0 Å². The number of hydrogen-bond donors (Lipinski definition) is 1. The van der Waals surface area contributed by atoms with Crippen LogP contribution in [0.25, 0.3) is 0 Å². The van der Waals surface area contributed by atoms with E-state index in [2.05, 4.69) is 0 Å². The first-order chi connectivity index (χ1) is 8.55. The quantitative estimate of drug-likeness (QED) is 0.847. The Kier molecular flexibility index (Phi) is 4.39. The fourth-order valence-electron chi connectivity index (χ4n) is 1.28. The third-order valence-electron chi connectivity index (χ3n) is 2.34. The van der Waals surface area contributed by atoms with Crippen molar-refractivity contribution >= 4 is 17.5 Å². The predicted octanol–water partition coefficient (Wildman–Crippen LogP) is 3.71. The summed E-state index contributed by atoms with van der Waals surface area (Å²) in [6.07, 6.45) is -5.93. The number of alkyl halides is 5. The molecule has 0 aliphatic heterocycles. The number of halogens is 6. The van der Waals surface area contributed by atoms with Gasteiger partial charge in [0.2, 0.25) is 0 Å². The van der Waals surface area contributed by atoms with Gasteiger partial charge in [0.1, 0.15) is 0 Å². The van der Waals surface area contributed by atoms with Gasteiger partial charge in [-0.2, -0.15) is 22.0 Å². The van der Waals surface area contributed by atoms with E-state index < -0.39 is 24.0 Å². The molecule has 0 heterocycles. The van der Waals surface area contributed by atoms with Crippen molar-refractivity contribution in [1.82, 2.24) is 5.32 Å². The molecule has 1 rings (SSSR count). The Morgan fingerprint density at radius 3 is 2.32 bits per heavy atom. The first-order valence-corrected chi connectivity index (χ1v) is 5.44. The second kappa shape index (κ2) is 5.32. The lowest BCUT2D eigenvalue weighted by Gasteiger charge is -2.21. The Morgan fingerprint density at radius 1 is 1.26 bits per heavy atom. The lowest BCUT2D eigenvalue weighted by atomic mass is 10.1. The highest BCUT2D eigenvalue weighted by molar-refractivity contribution is 6.30. The van der Waals surface area contributed by atoms with E-state index in [-0.39, 0.29) is 5.02 Å². The molecule has 0 saturated heterocycles. The van der Waals surface area contributed by atoms with Crippen molar-refractivity contribution in [2.24, 2.45) is 0 Å². The average Bonchev–Trinajstić information content (AvgIpc) is 2.27. The molecule has 1 aromatic rings. The van der Waals surface area contributed by atoms with Crippen LogP contribution in [0.2, 0.25) is 5.02 Å². The number of nitrogens with one attached hydrogen (secondary N) is 1. The molecule has 0 aliphatic rings. The maximum absolute atomic E-state index is 12.7. The molecule has 1 N–H and O–H groups in total. The SMILES string of the molecule is CC(NC(=O)C(F)(F)C(F)(F)F)c1cccc(Cl)c1. The lowest BCUT2D eigenvalue weighted by molar-refractivity contribution is -0.270. The van der Waals surface area contributed by atoms with Crippen LogP contribution in [-0.2, 0) is 4.79 Å². The van der Waals surface area contributed by atoms with Gasteiger partial charge in [0.15, 0.2) is 0 Å². The number of hydrogen-bond acceptors (Lipinski definition) is 1. The van der Waals surface area contributed by atoms with E-state index in [4.69, 9.17) is 11.6 Å². The topological polar surface area (TPSA) is 29.1 Å². The van der Waals surface area contributed by atoms with Crippen molar-refractivity contribution in [3.63, 3.8) is 0 Å². The number of benzene rings is 1. The molecule has 1 amide bonds. The molecule has 2 nitrogen and oxygen atoms in total. The maximum Gasteiger partial charge on any atom is 0.463 e. The second-order valence-electron chi connectivity index (χ2n) is 3.82. The number of carbonyl (C=O) groups excluding carboxylic acids is 1. The van der Waals surface area contributed by atoms with Gasteiger partial charge in [-0.3, -0.25) is 4.79 Å². The summed E-state index contributed by atoms with van der Waals surface area (Å²) < 4.78 is 61.3. The minimum Gasteiger partial charge on any atom is -0.344 e. The number of carbonyl (C=O) groups is 1. The van der Waals surface area contributed by atoms with Gasteiger partial charge in [-0.1, -0.05) is 23.7 Å². The molecule has 0 saturated carbocycles. The first-order valence-electron chi connectivity index (χ1n) is 5.06. The predicted molar refractivity (Wildman–Crippen MR) is 59.0 cm³/mol. The standard InChI is InChI=1S/C11H9ClF5NO/c1-6(7-3-2-4-8(12)5-7)18-9(19)10(13,14)11(15,16)17/h2-6H,1H3,(H,18,19). The first kappa shape index (κ1) is 15.7. The summed E-state index contributed by atoms with van der Waals surface area (Å²) in [6.45, 7) is 1.27. The minimum absolute atomic E-state index is 0.279. The van der Waals surface area contributed by atoms with E-state index in [1.807, 2.05) is 0 Å². The fourth-order valence-corrected chi connectivity index (χ4v) is 1.47. The van der Waals surface area contributed by atoms with Crippen molar-refractivity contribution in [2.45, 2.75) is 25.1 Å². The third-order valence-corrected chi connectivity index (χ3v) is 2.57. The van der Waals surface area contributed by atoms with Gasteiger partial charge < -0.3 is 5.32 Å². The molecule has 19 heavy (non-hydrogen) atoms. The zero-order valence-corrected chi connectivity index (χ0v) is 10.3. The van der Waals surface area contributed by atoms with Crippen LogP contribution in [0.5, 0.6) is 0 Å². The van der Waals surface area contributed by atoms with E-state index in [1.165, 1.54) is 31.2 Å². The van der Waals surface area contributed by atoms with E-state index in [9.17, 15) is 26.7 Å². The molecule has 0 radical (unpaired) electrons. The van der Waals surface area contributed by atoms with E-state index in [0.29, 0.717) is 5.56 Å². The average molecular weight is 302 g/mol. The Hall–Kier alpha value is -1.37. The zero-order chi connectivity index (χ0) is 14.8. The van der Waals surface area contributed by atoms with Gasteiger partial charge >= 0.3 is 18.0 Å². The van der Waals surface area contributed by atoms with Crippen LogP contribution < -0.4 is 5.32 Å². The lowest BCUT2D eigenvalue weighted by Crippen LogP contribution is -2.50. The van der Waals surface area contributed by atoms with Gasteiger partial charge in [0, 0.05) is 5.02 Å². The van der Waals surface area contributed by atoms with Crippen LogP contribution >= 0.6 is 11.6 Å². The number of rotatable bonds is 3. The van der Waals surface area contributed by atoms with Crippen LogP contribution in [0.4, 0.5) is 22.0 Å². The Labute approximate surface area is 110 Å². The molecule has 0 aromatic heterocycles. The van der Waals surface area contributed by atoms with Crippen LogP contribution in [0, 0.1) is 0 Å². The molecule has 0 bridgehead atoms. The Balaban J connectivity index is 2.83. The third kappa shape index (κ3) is 3.56. The highest BCUT2D eigenvalue weighted by atomic mass is 35.5. The normalized spacial score (nSPS) is 14.1. The monoisotopic (exact) mass is 301 g/mol. The fraction of sp³-hybridized carbons (Fsp3) is 0.364. The van der Waals surface area contributed by atoms with Crippen LogP contribution in [0.1, 0.15) is 18.5 Å². The van der Waals surface area contributed by atoms with Crippen molar-refractivity contribution in [3.8, 4) is 0 Å². The molecule has 1 aromatic carbocycles. The molecule has 106 valence electrons. The minimum atomic E-state index is -5.93. The summed E-state index contributed by atoms with van der Waals surface area (Å²) in [5, 5.41) is 1.88. The van der Waals surface area contributed by atoms with Crippen molar-refractivity contribution in [1.29, 1.82) is 0 Å². The second-order valence-corrected chi connectivity index (χ2v) is 4.26. The summed E-state index contributed by atoms with van der Waals surface area (Å²) in [5.41, 5.74) is 0.318. The smallest absolute Gasteiger partial charge is 0.344 e. The summed E-state index contributed by atoms with van der Waals surface area (Å²) in [4.78, 5) is 11.0. The molecule has 1 atom stereocenters. The molecular formula is C11H9ClF5NO. The highest BCUT2D eigenvalue weighted by Crippen LogP contribution is 2.36. The summed E-state index contributed by atoms with van der Waals surface area (Å²) >= 11 is 5.65. The molecule has 0 fully saturated rings. The van der Waals surface area contributed by atoms with Gasteiger partial charge in [-0.05, 0) is 24.6 Å². The largest absolute Gasteiger partial charge is 0.463 e. The highest BCUT2D eigenvalue weighted by Gasteiger charge is 2.63. The van der Waals surface area contributed by atoms with Crippen molar-refractivity contribution in [3.05, 3.63) is 34.9 Å². The zero-order valence-electron chi connectivity index (χ0n) is 9.56. The Morgan fingerprint density at radius 2 is 1.84 bits per heavy atom. The van der Waals surface area contributed by atoms with E-state index >= 15 is 0 Å². The van der Waals surface area contributed by atoms with Crippen molar-refractivity contribution < 1.29 is 26.7 Å². The molecule has 8 heteroatoms. The van der Waals surface area contributed by atoms with Gasteiger partial charge in [-0.25, -0.2) is 0 Å². The van der Waals surface area contributed by atoms with E-state index in [0.717, 1.165) is 0 Å². The van der Waals surface area contributed by atoms with Crippen LogP contribution in [-0.4, -0.2) is 18.0 Å².